The number of rotatable bonds is 2. The zero-order valence-electron chi connectivity index (χ0n) is 10.9. The van der Waals surface area contributed by atoms with E-state index in [1.54, 1.807) is 6.07 Å². The quantitative estimate of drug-likeness (QED) is 0.811. The Morgan fingerprint density at radius 1 is 1.28 bits per heavy atom. The van der Waals surface area contributed by atoms with E-state index in [1.165, 1.54) is 0 Å². The van der Waals surface area contributed by atoms with Gasteiger partial charge in [-0.15, -0.1) is 5.10 Å². The highest BCUT2D eigenvalue weighted by molar-refractivity contribution is 5.66. The first-order valence-corrected chi connectivity index (χ1v) is 5.89. The van der Waals surface area contributed by atoms with Crippen LogP contribution >= 0.6 is 0 Å². The topological polar surface area (TPSA) is 54.5 Å². The van der Waals surface area contributed by atoms with Gasteiger partial charge in [-0.1, -0.05) is 44.2 Å². The van der Waals surface area contributed by atoms with E-state index in [2.05, 4.69) is 37.2 Å². The molecule has 0 bridgehead atoms. The number of aromatic nitrogens is 3. The van der Waals surface area contributed by atoms with Crippen molar-refractivity contribution in [2.75, 3.05) is 0 Å². The Morgan fingerprint density at radius 3 is 2.67 bits per heavy atom. The van der Waals surface area contributed by atoms with Gasteiger partial charge in [-0.05, 0) is 11.5 Å². The average Bonchev–Trinajstić information content (AvgIpc) is 2.75. The summed E-state index contributed by atoms with van der Waals surface area (Å²) in [6.45, 7) is 7.25. The number of nitrogens with zero attached hydrogens (tertiary/aromatic N) is 4. The zero-order chi connectivity index (χ0) is 13.2. The van der Waals surface area contributed by atoms with E-state index in [9.17, 15) is 0 Å². The minimum absolute atomic E-state index is 0.152. The van der Waals surface area contributed by atoms with Gasteiger partial charge >= 0.3 is 0 Å². The molecule has 0 N–H and O–H groups in total. The monoisotopic (exact) mass is 240 g/mol. The first-order valence-electron chi connectivity index (χ1n) is 5.89. The van der Waals surface area contributed by atoms with Crippen LogP contribution in [0.4, 0.5) is 0 Å². The molecule has 1 aromatic heterocycles. The molecule has 4 nitrogen and oxygen atoms in total. The van der Waals surface area contributed by atoms with Crippen LogP contribution in [-0.4, -0.2) is 15.0 Å². The molecule has 0 radical (unpaired) electrons. The zero-order valence-corrected chi connectivity index (χ0v) is 10.9. The summed E-state index contributed by atoms with van der Waals surface area (Å²) in [6, 6.07) is 9.61. The molecule has 4 heteroatoms. The molecule has 2 rings (SSSR count). The lowest BCUT2D eigenvalue weighted by Crippen LogP contribution is -2.15. The van der Waals surface area contributed by atoms with Crippen molar-refractivity contribution >= 4 is 0 Å². The van der Waals surface area contributed by atoms with Crippen LogP contribution in [0.15, 0.2) is 30.5 Å². The fraction of sp³-hybridized carbons (Fsp3) is 0.357. The summed E-state index contributed by atoms with van der Waals surface area (Å²) in [7, 11) is 0. The van der Waals surface area contributed by atoms with Gasteiger partial charge < -0.3 is 0 Å². The second-order valence-corrected chi connectivity index (χ2v) is 5.52. The number of hydrogen-bond acceptors (Lipinski definition) is 3. The summed E-state index contributed by atoms with van der Waals surface area (Å²) in [5.41, 5.74) is 2.36. The molecular weight excluding hydrogens is 224 g/mol. The van der Waals surface area contributed by atoms with Gasteiger partial charge in [-0.2, -0.15) is 5.26 Å². The molecule has 92 valence electrons. The molecule has 2 aromatic rings. The molecule has 0 spiro atoms. The Kier molecular flexibility index (Phi) is 3.15. The summed E-state index contributed by atoms with van der Waals surface area (Å²) in [6.07, 6.45) is 1.89. The Balaban J connectivity index is 2.33. The average molecular weight is 240 g/mol. The smallest absolute Gasteiger partial charge is 0.114 e. The van der Waals surface area contributed by atoms with Gasteiger partial charge in [-0.3, -0.25) is 4.68 Å². The molecule has 0 atom stereocenters. The van der Waals surface area contributed by atoms with Crippen molar-refractivity contribution < 1.29 is 0 Å². The first kappa shape index (κ1) is 12.3. The van der Waals surface area contributed by atoms with Crippen molar-refractivity contribution in [3.63, 3.8) is 0 Å². The van der Waals surface area contributed by atoms with Gasteiger partial charge in [0.1, 0.15) is 5.69 Å². The number of benzene rings is 1. The van der Waals surface area contributed by atoms with Crippen molar-refractivity contribution in [2.24, 2.45) is 5.41 Å². The molecule has 1 aromatic carbocycles. The molecule has 18 heavy (non-hydrogen) atoms. The molecule has 0 amide bonds. The first-order chi connectivity index (χ1) is 8.49. The Labute approximate surface area is 107 Å². The molecule has 0 aliphatic carbocycles. The van der Waals surface area contributed by atoms with E-state index in [-0.39, 0.29) is 5.41 Å². The molecular formula is C14H16N4. The summed E-state index contributed by atoms with van der Waals surface area (Å²) in [4.78, 5) is 0. The van der Waals surface area contributed by atoms with Crippen LogP contribution < -0.4 is 0 Å². The van der Waals surface area contributed by atoms with Gasteiger partial charge in [0, 0.05) is 12.1 Å². The lowest BCUT2D eigenvalue weighted by atomic mass is 9.97. The van der Waals surface area contributed by atoms with Crippen molar-refractivity contribution in [1.29, 1.82) is 5.26 Å². The van der Waals surface area contributed by atoms with Crippen LogP contribution in [-0.2, 0) is 6.54 Å². The fourth-order valence-corrected chi connectivity index (χ4v) is 1.79. The largest absolute Gasteiger partial charge is 0.251 e. The number of nitriles is 1. The molecule has 0 aliphatic rings. The second kappa shape index (κ2) is 4.61. The van der Waals surface area contributed by atoms with Crippen LogP contribution in [0.1, 0.15) is 26.3 Å². The van der Waals surface area contributed by atoms with Crippen LogP contribution in [0.5, 0.6) is 0 Å². The summed E-state index contributed by atoms with van der Waals surface area (Å²) in [5.74, 6) is 0. The maximum Gasteiger partial charge on any atom is 0.114 e. The minimum atomic E-state index is 0.152. The highest BCUT2D eigenvalue weighted by atomic mass is 15.4. The summed E-state index contributed by atoms with van der Waals surface area (Å²) < 4.78 is 1.82. The minimum Gasteiger partial charge on any atom is -0.251 e. The van der Waals surface area contributed by atoms with Crippen molar-refractivity contribution in [3.8, 4) is 17.3 Å². The Morgan fingerprint density at radius 2 is 2.00 bits per heavy atom. The van der Waals surface area contributed by atoms with Gasteiger partial charge in [0.05, 0.1) is 17.8 Å². The maximum atomic E-state index is 9.07. The van der Waals surface area contributed by atoms with E-state index in [4.69, 9.17) is 5.26 Å². The van der Waals surface area contributed by atoms with Gasteiger partial charge in [-0.25, -0.2) is 0 Å². The van der Waals surface area contributed by atoms with E-state index >= 15 is 0 Å². The molecule has 0 saturated carbocycles. The molecule has 0 saturated heterocycles. The van der Waals surface area contributed by atoms with Crippen LogP contribution in [0.3, 0.4) is 0 Å². The van der Waals surface area contributed by atoms with E-state index < -0.39 is 0 Å². The van der Waals surface area contributed by atoms with Crippen molar-refractivity contribution in [2.45, 2.75) is 27.3 Å². The van der Waals surface area contributed by atoms with E-state index in [0.29, 0.717) is 5.56 Å². The fourth-order valence-electron chi connectivity index (χ4n) is 1.79. The van der Waals surface area contributed by atoms with Crippen molar-refractivity contribution in [3.05, 3.63) is 36.0 Å². The summed E-state index contributed by atoms with van der Waals surface area (Å²) >= 11 is 0. The second-order valence-electron chi connectivity index (χ2n) is 5.52. The molecule has 1 heterocycles. The standard InChI is InChI=1S/C14H16N4/c1-14(2,3)10-18-9-13(16-17-18)12-7-5-4-6-11(12)8-15/h4-7,9H,10H2,1-3H3. The third kappa shape index (κ3) is 2.75. The number of hydrogen-bond donors (Lipinski definition) is 0. The van der Waals surface area contributed by atoms with Gasteiger partial charge in [0.15, 0.2) is 0 Å². The highest BCUT2D eigenvalue weighted by Crippen LogP contribution is 2.22. The SMILES string of the molecule is CC(C)(C)Cn1cc(-c2ccccc2C#N)nn1. The summed E-state index contributed by atoms with van der Waals surface area (Å²) in [5, 5.41) is 17.3. The normalized spacial score (nSPS) is 11.2. The van der Waals surface area contributed by atoms with Gasteiger partial charge in [0.25, 0.3) is 0 Å². The van der Waals surface area contributed by atoms with E-state index in [1.807, 2.05) is 29.1 Å². The highest BCUT2D eigenvalue weighted by Gasteiger charge is 2.14. The van der Waals surface area contributed by atoms with Crippen molar-refractivity contribution in [1.82, 2.24) is 15.0 Å². The molecule has 0 aliphatic heterocycles. The lowest BCUT2D eigenvalue weighted by Gasteiger charge is -2.16. The predicted molar refractivity (Wildman–Crippen MR) is 69.6 cm³/mol. The van der Waals surface area contributed by atoms with Crippen LogP contribution in [0, 0.1) is 16.7 Å². The van der Waals surface area contributed by atoms with E-state index in [0.717, 1.165) is 17.8 Å². The third-order valence-electron chi connectivity index (χ3n) is 2.50. The Bertz CT molecular complexity index is 584. The third-order valence-corrected chi connectivity index (χ3v) is 2.50. The molecule has 0 fully saturated rings. The van der Waals surface area contributed by atoms with Gasteiger partial charge in [0.2, 0.25) is 0 Å². The maximum absolute atomic E-state index is 9.07. The predicted octanol–water partition coefficient (Wildman–Crippen LogP) is 2.86. The molecule has 0 unspecified atom stereocenters. The lowest BCUT2D eigenvalue weighted by molar-refractivity contribution is 0.321. The Hall–Kier alpha value is -2.15. The van der Waals surface area contributed by atoms with Crippen LogP contribution in [0.25, 0.3) is 11.3 Å². The van der Waals surface area contributed by atoms with Crippen LogP contribution in [0.2, 0.25) is 0 Å².